The van der Waals surface area contributed by atoms with E-state index in [9.17, 15) is 14.4 Å². The molecule has 1 atom stereocenters. The van der Waals surface area contributed by atoms with Crippen LogP contribution in [0.25, 0.3) is 11.0 Å². The number of para-hydroxylation sites is 1. The Balaban J connectivity index is 1.14. The monoisotopic (exact) mass is 864 g/mol. The van der Waals surface area contributed by atoms with E-state index in [1.165, 1.54) is 20.0 Å². The van der Waals surface area contributed by atoms with E-state index < -0.39 is 12.2 Å². The molecule has 0 aliphatic carbocycles. The summed E-state index contributed by atoms with van der Waals surface area (Å²) in [5, 5.41) is 6.43. The summed E-state index contributed by atoms with van der Waals surface area (Å²) in [5.41, 5.74) is 11.3. The lowest BCUT2D eigenvalue weighted by molar-refractivity contribution is 0.121. The number of aryl methyl sites for hydroxylation is 1. The number of hydrogen-bond acceptors (Lipinski definition) is 8. The van der Waals surface area contributed by atoms with E-state index in [0.717, 1.165) is 63.8 Å². The van der Waals surface area contributed by atoms with E-state index in [4.69, 9.17) is 20.2 Å². The van der Waals surface area contributed by atoms with Crippen molar-refractivity contribution in [2.75, 3.05) is 57.4 Å². The maximum atomic E-state index is 14.2. The minimum Gasteiger partial charge on any atom is -0.437 e. The Morgan fingerprint density at radius 2 is 1.74 bits per heavy atom. The van der Waals surface area contributed by atoms with Gasteiger partial charge in [0, 0.05) is 59.3 Å². The number of carbonyl (C=O) groups is 3. The van der Waals surface area contributed by atoms with Crippen LogP contribution in [0, 0.1) is 0 Å². The average molecular weight is 867 g/mol. The van der Waals surface area contributed by atoms with Gasteiger partial charge in [-0.05, 0) is 131 Å². The fraction of sp³-hybridized carbons (Fsp3) is 0.436. The largest absolute Gasteiger partial charge is 0.513 e. The van der Waals surface area contributed by atoms with Gasteiger partial charge < -0.3 is 45.1 Å². The van der Waals surface area contributed by atoms with E-state index >= 15 is 0 Å². The number of ether oxygens (including phenoxy) is 2. The van der Waals surface area contributed by atoms with Crippen molar-refractivity contribution < 1.29 is 23.9 Å². The lowest BCUT2D eigenvalue weighted by Crippen LogP contribution is -2.52. The number of benzene rings is 3. The zero-order valence-electron chi connectivity index (χ0n) is 30.4. The standard InChI is InChI=1S/C39H46Br2N8O5/c1-53-39(52)54-28-9-10-34-32(24-28)43-36(49(34)17-6-16-46-14-4-5-15-46)33(23-25-21-29(40)35(42)30(41)22-25)45-37(50)47-18-12-27(13-19-47)48-20-11-26-7-2-3-8-31(26)44-38(48)51/h2-3,7-10,21-22,24,27,33H,4-6,11-20,23,42H2,1H3,(H,44,51)(H,45,50)/t33-/m1/s1. The Kier molecular flexibility index (Phi) is 11.9. The summed E-state index contributed by atoms with van der Waals surface area (Å²) in [6.45, 7) is 5.53. The number of anilines is 2. The molecule has 1 aromatic heterocycles. The smallest absolute Gasteiger partial charge is 0.437 e. The molecule has 4 aromatic rings. The Hall–Kier alpha value is -4.34. The number of likely N-dealkylation sites (tertiary alicyclic amines) is 2. The predicted molar refractivity (Wildman–Crippen MR) is 215 cm³/mol. The molecule has 54 heavy (non-hydrogen) atoms. The first kappa shape index (κ1) is 38.0. The number of methoxy groups -OCH3 is 1. The fourth-order valence-electron chi connectivity index (χ4n) is 7.85. The summed E-state index contributed by atoms with van der Waals surface area (Å²) in [5.74, 6) is 1.02. The van der Waals surface area contributed by atoms with E-state index in [-0.39, 0.29) is 18.1 Å². The molecule has 286 valence electrons. The molecule has 2 fully saturated rings. The third-order valence-electron chi connectivity index (χ3n) is 10.7. The molecule has 0 radical (unpaired) electrons. The number of aromatic nitrogens is 2. The van der Waals surface area contributed by atoms with Gasteiger partial charge in [0.25, 0.3) is 0 Å². The second-order valence-corrected chi connectivity index (χ2v) is 15.9. The number of carbonyl (C=O) groups excluding carboxylic acids is 3. The number of halogens is 2. The minimum atomic E-state index is -0.811. The number of piperidine rings is 1. The molecular weight excluding hydrogens is 820 g/mol. The maximum Gasteiger partial charge on any atom is 0.513 e. The molecule has 3 aliphatic rings. The molecule has 4 amide bonds. The van der Waals surface area contributed by atoms with Crippen LogP contribution in [-0.2, 0) is 24.1 Å². The van der Waals surface area contributed by atoms with E-state index in [2.05, 4.69) is 58.0 Å². The van der Waals surface area contributed by atoms with Crippen LogP contribution in [0.1, 0.15) is 55.1 Å². The molecule has 0 unspecified atom stereocenters. The molecule has 4 heterocycles. The van der Waals surface area contributed by atoms with Crippen LogP contribution in [0.3, 0.4) is 0 Å². The van der Waals surface area contributed by atoms with Gasteiger partial charge in [-0.3, -0.25) is 0 Å². The van der Waals surface area contributed by atoms with Gasteiger partial charge in [0.05, 0.1) is 29.9 Å². The molecule has 0 bridgehead atoms. The van der Waals surface area contributed by atoms with Crippen LogP contribution in [0.2, 0.25) is 0 Å². The summed E-state index contributed by atoms with van der Waals surface area (Å²) >= 11 is 7.19. The highest BCUT2D eigenvalue weighted by molar-refractivity contribution is 9.11. The summed E-state index contributed by atoms with van der Waals surface area (Å²) in [4.78, 5) is 50.7. The Morgan fingerprint density at radius 1 is 1.00 bits per heavy atom. The predicted octanol–water partition coefficient (Wildman–Crippen LogP) is 7.32. The highest BCUT2D eigenvalue weighted by Crippen LogP contribution is 2.33. The Morgan fingerprint density at radius 3 is 2.48 bits per heavy atom. The molecule has 0 spiro atoms. The van der Waals surface area contributed by atoms with Gasteiger partial charge in [-0.25, -0.2) is 19.4 Å². The molecular formula is C39H46Br2N8O5. The van der Waals surface area contributed by atoms with Gasteiger partial charge in [-0.1, -0.05) is 18.2 Å². The first-order valence-electron chi connectivity index (χ1n) is 18.6. The van der Waals surface area contributed by atoms with Gasteiger partial charge in [0.15, 0.2) is 0 Å². The Labute approximate surface area is 331 Å². The molecule has 13 nitrogen and oxygen atoms in total. The normalized spacial score (nSPS) is 17.2. The van der Waals surface area contributed by atoms with Crippen molar-refractivity contribution in [2.24, 2.45) is 0 Å². The zero-order chi connectivity index (χ0) is 37.8. The van der Waals surface area contributed by atoms with Crippen molar-refractivity contribution in [1.82, 2.24) is 29.6 Å². The van der Waals surface area contributed by atoms with Gasteiger partial charge in [0.2, 0.25) is 0 Å². The average Bonchev–Trinajstić information content (AvgIpc) is 3.78. The first-order valence-corrected chi connectivity index (χ1v) is 20.2. The minimum absolute atomic E-state index is 0.0323. The van der Waals surface area contributed by atoms with Crippen LogP contribution in [-0.4, -0.2) is 94.9 Å². The maximum absolute atomic E-state index is 14.2. The first-order chi connectivity index (χ1) is 26.2. The zero-order valence-corrected chi connectivity index (χ0v) is 33.5. The third-order valence-corrected chi connectivity index (χ3v) is 12.0. The Bertz CT molecular complexity index is 1990. The van der Waals surface area contributed by atoms with Crippen LogP contribution >= 0.6 is 31.9 Å². The number of hydrogen-bond donors (Lipinski definition) is 3. The lowest BCUT2D eigenvalue weighted by Gasteiger charge is -2.38. The second kappa shape index (κ2) is 17.0. The van der Waals surface area contributed by atoms with E-state index in [1.54, 1.807) is 12.1 Å². The summed E-state index contributed by atoms with van der Waals surface area (Å²) < 4.78 is 13.7. The van der Waals surface area contributed by atoms with Crippen LogP contribution in [0.5, 0.6) is 5.75 Å². The highest BCUT2D eigenvalue weighted by Gasteiger charge is 2.33. The number of nitrogen functional groups attached to an aromatic ring is 1. The highest BCUT2D eigenvalue weighted by atomic mass is 79.9. The van der Waals surface area contributed by atoms with Gasteiger partial charge in [0.1, 0.15) is 11.6 Å². The quantitative estimate of drug-likeness (QED) is 0.0854. The summed E-state index contributed by atoms with van der Waals surface area (Å²) in [6.07, 6.45) is 5.12. The van der Waals surface area contributed by atoms with Crippen molar-refractivity contribution in [3.8, 4) is 5.75 Å². The number of nitrogens with one attached hydrogen (secondary N) is 2. The van der Waals surface area contributed by atoms with Crippen molar-refractivity contribution in [3.63, 3.8) is 0 Å². The van der Waals surface area contributed by atoms with Gasteiger partial charge in [-0.15, -0.1) is 0 Å². The molecule has 15 heteroatoms. The van der Waals surface area contributed by atoms with E-state index in [0.29, 0.717) is 68.2 Å². The molecule has 3 aliphatic heterocycles. The molecule has 7 rings (SSSR count). The number of rotatable bonds is 10. The van der Waals surface area contributed by atoms with Crippen molar-refractivity contribution >= 4 is 72.5 Å². The fourth-order valence-corrected chi connectivity index (χ4v) is 9.13. The van der Waals surface area contributed by atoms with Crippen molar-refractivity contribution in [2.45, 2.75) is 63.6 Å². The number of nitrogens with two attached hydrogens (primary N) is 1. The molecule has 2 saturated heterocycles. The van der Waals surface area contributed by atoms with Gasteiger partial charge in [-0.2, -0.15) is 0 Å². The number of nitrogens with zero attached hydrogens (tertiary/aromatic N) is 5. The number of amides is 4. The number of urea groups is 2. The SMILES string of the molecule is COC(=O)Oc1ccc2c(c1)nc([C@@H](Cc1cc(Br)c(N)c(Br)c1)NC(=O)N1CCC(N3CCc4ccccc4NC3=O)CC1)n2CCCN1CCCC1. The third kappa shape index (κ3) is 8.63. The van der Waals surface area contributed by atoms with Crippen molar-refractivity contribution in [3.05, 3.63) is 80.5 Å². The van der Waals surface area contributed by atoms with Gasteiger partial charge >= 0.3 is 18.2 Å². The lowest BCUT2D eigenvalue weighted by atomic mass is 10.0. The van der Waals surface area contributed by atoms with Crippen LogP contribution in [0.15, 0.2) is 63.5 Å². The van der Waals surface area contributed by atoms with E-state index in [1.807, 2.05) is 46.2 Å². The summed E-state index contributed by atoms with van der Waals surface area (Å²) in [6, 6.07) is 16.5. The van der Waals surface area contributed by atoms with Crippen LogP contribution < -0.4 is 21.1 Å². The second-order valence-electron chi connectivity index (χ2n) is 14.2. The number of fused-ring (bicyclic) bond motifs is 2. The number of imidazole rings is 1. The van der Waals surface area contributed by atoms with Crippen molar-refractivity contribution in [1.29, 1.82) is 0 Å². The topological polar surface area (TPSA) is 147 Å². The molecule has 3 aromatic carbocycles. The van der Waals surface area contributed by atoms with Crippen LogP contribution in [0.4, 0.5) is 25.8 Å². The molecule has 4 N–H and O–H groups in total. The summed E-state index contributed by atoms with van der Waals surface area (Å²) in [7, 11) is 1.27. The molecule has 0 saturated carbocycles.